The fourth-order valence-corrected chi connectivity index (χ4v) is 5.86. The van der Waals surface area contributed by atoms with E-state index in [4.69, 9.17) is 0 Å². The third-order valence-electron chi connectivity index (χ3n) is 7.65. The van der Waals surface area contributed by atoms with Crippen LogP contribution < -0.4 is 4.18 Å². The van der Waals surface area contributed by atoms with E-state index in [-0.39, 0.29) is 10.8 Å². The first-order valence-electron chi connectivity index (χ1n) is 14.6. The molecule has 0 spiro atoms. The molecule has 0 bridgehead atoms. The van der Waals surface area contributed by atoms with E-state index in [0.717, 1.165) is 23.3 Å². The van der Waals surface area contributed by atoms with Crippen LogP contribution in [0.3, 0.4) is 0 Å². The Morgan fingerprint density at radius 3 is 1.41 bits per heavy atom. The van der Waals surface area contributed by atoms with Gasteiger partial charge in [0.1, 0.15) is 0 Å². The van der Waals surface area contributed by atoms with E-state index in [1.54, 1.807) is 30.3 Å². The van der Waals surface area contributed by atoms with Crippen LogP contribution in [0.1, 0.15) is 0 Å². The number of halogens is 9. The first kappa shape index (κ1) is 35.3. The van der Waals surface area contributed by atoms with Gasteiger partial charge in [-0.25, -0.2) is 15.0 Å². The van der Waals surface area contributed by atoms with E-state index in [0.29, 0.717) is 34.2 Å². The van der Waals surface area contributed by atoms with Crippen LogP contribution in [0.4, 0.5) is 39.5 Å². The summed E-state index contributed by atoms with van der Waals surface area (Å²) in [6.45, 7) is 0. The predicted octanol–water partition coefficient (Wildman–Crippen LogP) is 9.83. The second kappa shape index (κ2) is 12.7. The fourth-order valence-electron chi connectivity index (χ4n) is 4.93. The molecule has 5 aromatic carbocycles. The molecule has 6 rings (SSSR count). The maximum atomic E-state index is 14.4. The lowest BCUT2D eigenvalue weighted by molar-refractivity contribution is -0.382. The van der Waals surface area contributed by atoms with Gasteiger partial charge in [0.05, 0.1) is 0 Å². The number of hydrogen-bond donors (Lipinski definition) is 0. The summed E-state index contributed by atoms with van der Waals surface area (Å²) in [6.07, 6.45) is -7.21. The maximum absolute atomic E-state index is 14.4. The highest BCUT2D eigenvalue weighted by molar-refractivity contribution is 7.88. The van der Waals surface area contributed by atoms with Gasteiger partial charge in [-0.2, -0.15) is 47.9 Å². The Hall–Kier alpha value is -5.51. The van der Waals surface area contributed by atoms with Gasteiger partial charge in [0, 0.05) is 22.1 Å². The van der Waals surface area contributed by atoms with Crippen molar-refractivity contribution in [3.8, 4) is 51.0 Å². The molecular weight excluding hydrogens is 713 g/mol. The quantitative estimate of drug-likeness (QED) is 0.109. The summed E-state index contributed by atoms with van der Waals surface area (Å²) >= 11 is 0. The van der Waals surface area contributed by atoms with Crippen LogP contribution in [0.5, 0.6) is 5.75 Å². The average Bonchev–Trinajstić information content (AvgIpc) is 3.11. The molecule has 0 fully saturated rings. The molecule has 1 aromatic heterocycles. The Kier molecular flexibility index (Phi) is 8.78. The van der Waals surface area contributed by atoms with Crippen LogP contribution >= 0.6 is 0 Å². The predicted molar refractivity (Wildman–Crippen MR) is 170 cm³/mol. The topological polar surface area (TPSA) is 82.0 Å². The molecule has 0 unspecified atom stereocenters. The van der Waals surface area contributed by atoms with Crippen molar-refractivity contribution in [3.63, 3.8) is 0 Å². The van der Waals surface area contributed by atoms with Gasteiger partial charge in [-0.3, -0.25) is 0 Å². The van der Waals surface area contributed by atoms with Crippen molar-refractivity contribution >= 4 is 20.9 Å². The zero-order valence-corrected chi connectivity index (χ0v) is 26.2. The van der Waals surface area contributed by atoms with Crippen molar-refractivity contribution in [1.29, 1.82) is 0 Å². The third-order valence-corrected chi connectivity index (χ3v) is 8.93. The van der Waals surface area contributed by atoms with Gasteiger partial charge >= 0.3 is 33.4 Å². The molecule has 0 saturated carbocycles. The van der Waals surface area contributed by atoms with E-state index in [1.807, 2.05) is 60.7 Å². The first-order chi connectivity index (χ1) is 23.9. The highest BCUT2D eigenvalue weighted by Gasteiger charge is 2.86. The molecule has 0 aliphatic rings. The van der Waals surface area contributed by atoms with Crippen molar-refractivity contribution < 1.29 is 52.1 Å². The molecule has 1 heterocycles. The summed E-state index contributed by atoms with van der Waals surface area (Å²) in [5.41, 5.74) is 2.84. The first-order valence-corrected chi connectivity index (χ1v) is 16.0. The minimum absolute atomic E-state index is 0.130. The Morgan fingerprint density at radius 2 is 0.922 bits per heavy atom. The minimum Gasteiger partial charge on any atom is -0.377 e. The Labute approximate surface area is 283 Å². The van der Waals surface area contributed by atoms with Crippen LogP contribution in [0.2, 0.25) is 0 Å². The van der Waals surface area contributed by atoms with Crippen LogP contribution in [-0.2, 0) is 10.1 Å². The molecule has 262 valence electrons. The van der Waals surface area contributed by atoms with E-state index >= 15 is 0 Å². The molecule has 0 atom stereocenters. The molecule has 6 nitrogen and oxygen atoms in total. The number of rotatable bonds is 9. The lowest BCUT2D eigenvalue weighted by atomic mass is 9.99. The molecule has 51 heavy (non-hydrogen) atoms. The average molecular weight is 734 g/mol. The number of hydrogen-bond acceptors (Lipinski definition) is 6. The van der Waals surface area contributed by atoms with Gasteiger partial charge < -0.3 is 4.18 Å². The van der Waals surface area contributed by atoms with Crippen LogP contribution in [0.25, 0.3) is 56.1 Å². The molecule has 0 aliphatic carbocycles. The monoisotopic (exact) mass is 733 g/mol. The molecular formula is C35H20F9N3O3S. The Balaban J connectivity index is 1.35. The summed E-state index contributed by atoms with van der Waals surface area (Å²) in [6, 6.07) is 32.3. The standard InChI is InChI=1S/C35H20F9N3O3S/c36-32(37,34(40,41)42)33(38,39)35(43,44)51(48,49)50-28-13-7-12-22-16-19-26(20-27(22)28)21-14-17-25(18-15-21)31-46-29(23-8-3-1-4-9-23)45-30(47-31)24-10-5-2-6-11-24/h1-20H. The van der Waals surface area contributed by atoms with Crippen molar-refractivity contribution in [2.45, 2.75) is 23.3 Å². The number of fused-ring (bicyclic) bond motifs is 1. The normalized spacial score (nSPS) is 13.0. The number of nitrogens with zero attached hydrogens (tertiary/aromatic N) is 3. The molecule has 0 aliphatic heterocycles. The number of aromatic nitrogens is 3. The number of alkyl halides is 9. The van der Waals surface area contributed by atoms with Crippen molar-refractivity contribution in [3.05, 3.63) is 121 Å². The molecule has 0 N–H and O–H groups in total. The highest BCUT2D eigenvalue weighted by atomic mass is 32.2. The van der Waals surface area contributed by atoms with Gasteiger partial charge in [0.25, 0.3) is 0 Å². The molecule has 0 amide bonds. The molecule has 0 saturated heterocycles. The van der Waals surface area contributed by atoms with Crippen LogP contribution in [0, 0.1) is 0 Å². The Morgan fingerprint density at radius 1 is 0.471 bits per heavy atom. The minimum atomic E-state index is -7.43. The highest BCUT2D eigenvalue weighted by Crippen LogP contribution is 2.55. The van der Waals surface area contributed by atoms with Gasteiger partial charge in [-0.1, -0.05) is 109 Å². The molecule has 16 heteroatoms. The summed E-state index contributed by atoms with van der Waals surface area (Å²) in [4.78, 5) is 13.9. The van der Waals surface area contributed by atoms with Crippen LogP contribution in [-0.4, -0.2) is 46.6 Å². The van der Waals surface area contributed by atoms with Gasteiger partial charge in [0.15, 0.2) is 23.2 Å². The zero-order valence-electron chi connectivity index (χ0n) is 25.4. The lowest BCUT2D eigenvalue weighted by Crippen LogP contribution is -2.63. The van der Waals surface area contributed by atoms with Gasteiger partial charge in [-0.15, -0.1) is 0 Å². The zero-order chi connectivity index (χ0) is 36.8. The van der Waals surface area contributed by atoms with E-state index in [2.05, 4.69) is 19.1 Å². The largest absolute Gasteiger partial charge is 0.460 e. The summed E-state index contributed by atoms with van der Waals surface area (Å²) in [5, 5.41) is -7.14. The number of benzene rings is 5. The van der Waals surface area contributed by atoms with E-state index in [1.165, 1.54) is 18.2 Å². The Bertz CT molecular complexity index is 2270. The van der Waals surface area contributed by atoms with Gasteiger partial charge in [0.2, 0.25) is 0 Å². The SMILES string of the molecule is O=S(=O)(Oc1cccc2ccc(-c3ccc(-c4nc(-c5ccccc5)nc(-c5ccccc5)n4)cc3)cc12)C(F)(F)C(F)(F)C(F)(F)C(F)(F)F. The lowest BCUT2D eigenvalue weighted by Gasteiger charge is -2.32. The third kappa shape index (κ3) is 6.35. The molecule has 0 radical (unpaired) electrons. The second-order valence-electron chi connectivity index (χ2n) is 11.0. The van der Waals surface area contributed by atoms with E-state index < -0.39 is 39.1 Å². The summed E-state index contributed by atoms with van der Waals surface area (Å²) in [5.74, 6) is -14.7. The smallest absolute Gasteiger partial charge is 0.377 e. The van der Waals surface area contributed by atoms with Crippen molar-refractivity contribution in [2.75, 3.05) is 0 Å². The van der Waals surface area contributed by atoms with Crippen molar-refractivity contribution in [1.82, 2.24) is 15.0 Å². The van der Waals surface area contributed by atoms with E-state index in [9.17, 15) is 47.9 Å². The fraction of sp³-hybridized carbons (Fsp3) is 0.114. The maximum Gasteiger partial charge on any atom is 0.460 e. The molecule has 6 aromatic rings. The summed E-state index contributed by atoms with van der Waals surface area (Å²) in [7, 11) is -7.15. The summed E-state index contributed by atoms with van der Waals surface area (Å²) < 4.78 is 150. The van der Waals surface area contributed by atoms with Crippen molar-refractivity contribution in [2.24, 2.45) is 0 Å². The van der Waals surface area contributed by atoms with Gasteiger partial charge in [-0.05, 0) is 28.6 Å². The second-order valence-corrected chi connectivity index (χ2v) is 12.6. The van der Waals surface area contributed by atoms with Crippen LogP contribution in [0.15, 0.2) is 121 Å².